The highest BCUT2D eigenvalue weighted by Gasteiger charge is 2.05. The lowest BCUT2D eigenvalue weighted by Crippen LogP contribution is -2.22. The Hall–Kier alpha value is -2.49. The maximum Gasteiger partial charge on any atom is 0.243 e. The van der Waals surface area contributed by atoms with Crippen molar-refractivity contribution in [2.24, 2.45) is 0 Å². The van der Waals surface area contributed by atoms with Crippen LogP contribution < -0.4 is 15.4 Å². The van der Waals surface area contributed by atoms with Crippen molar-refractivity contribution in [2.75, 3.05) is 23.8 Å². The van der Waals surface area contributed by atoms with Crippen molar-refractivity contribution in [3.63, 3.8) is 0 Å². The molecule has 4 heteroatoms. The van der Waals surface area contributed by atoms with Crippen molar-refractivity contribution in [2.45, 2.75) is 27.2 Å². The van der Waals surface area contributed by atoms with E-state index in [1.54, 1.807) is 0 Å². The average Bonchev–Trinajstić information content (AvgIpc) is 2.52. The van der Waals surface area contributed by atoms with E-state index in [0.717, 1.165) is 29.1 Å². The molecule has 0 heterocycles. The number of carbonyl (C=O) groups excluding carboxylic acids is 1. The molecule has 0 saturated heterocycles. The van der Waals surface area contributed by atoms with E-state index in [9.17, 15) is 4.79 Å². The van der Waals surface area contributed by atoms with Crippen LogP contribution >= 0.6 is 0 Å². The lowest BCUT2D eigenvalue weighted by atomic mass is 10.1. The zero-order chi connectivity index (χ0) is 16.7. The molecule has 0 fully saturated rings. The van der Waals surface area contributed by atoms with E-state index in [0.29, 0.717) is 6.61 Å². The Morgan fingerprint density at radius 2 is 1.96 bits per heavy atom. The van der Waals surface area contributed by atoms with Gasteiger partial charge in [-0.1, -0.05) is 30.7 Å². The molecule has 4 nitrogen and oxygen atoms in total. The highest BCUT2D eigenvalue weighted by Crippen LogP contribution is 2.18. The molecule has 2 N–H and O–H groups in total. The first kappa shape index (κ1) is 16.9. The number of amides is 1. The third-order valence-electron chi connectivity index (χ3n) is 3.41. The van der Waals surface area contributed by atoms with Crippen LogP contribution in [0.2, 0.25) is 0 Å². The molecular weight excluding hydrogens is 288 g/mol. The van der Waals surface area contributed by atoms with Crippen molar-refractivity contribution in [1.29, 1.82) is 0 Å². The zero-order valence-electron chi connectivity index (χ0n) is 14.0. The smallest absolute Gasteiger partial charge is 0.243 e. The van der Waals surface area contributed by atoms with Crippen molar-refractivity contribution in [1.82, 2.24) is 0 Å². The normalized spacial score (nSPS) is 10.2. The molecule has 1 amide bonds. The van der Waals surface area contributed by atoms with E-state index in [2.05, 4.69) is 30.5 Å². The summed E-state index contributed by atoms with van der Waals surface area (Å²) in [6.07, 6.45) is 0.955. The lowest BCUT2D eigenvalue weighted by molar-refractivity contribution is -0.114. The van der Waals surface area contributed by atoms with Gasteiger partial charge >= 0.3 is 0 Å². The van der Waals surface area contributed by atoms with Gasteiger partial charge in [-0.2, -0.15) is 0 Å². The third-order valence-corrected chi connectivity index (χ3v) is 3.41. The van der Waals surface area contributed by atoms with E-state index >= 15 is 0 Å². The van der Waals surface area contributed by atoms with Gasteiger partial charge < -0.3 is 15.4 Å². The summed E-state index contributed by atoms with van der Waals surface area (Å²) in [6, 6.07) is 13.6. The number of hydrogen-bond acceptors (Lipinski definition) is 3. The Bertz CT molecular complexity index is 668. The molecule has 0 aliphatic heterocycles. The zero-order valence-corrected chi connectivity index (χ0v) is 14.0. The summed E-state index contributed by atoms with van der Waals surface area (Å²) >= 11 is 0. The SMILES string of the molecule is CCCOc1cccc(NC(=O)CNc2ccc(C)cc2C)c1. The molecule has 0 spiro atoms. The second-order valence-corrected chi connectivity index (χ2v) is 5.60. The second kappa shape index (κ2) is 8.22. The van der Waals surface area contributed by atoms with Crippen molar-refractivity contribution in [3.8, 4) is 5.75 Å². The number of anilines is 2. The number of carbonyl (C=O) groups is 1. The molecular formula is C19H24N2O2. The fraction of sp³-hybridized carbons (Fsp3) is 0.316. The van der Waals surface area contributed by atoms with Crippen LogP contribution in [0.25, 0.3) is 0 Å². The van der Waals surface area contributed by atoms with E-state index in [4.69, 9.17) is 4.74 Å². The predicted molar refractivity (Wildman–Crippen MR) is 95.3 cm³/mol. The fourth-order valence-electron chi connectivity index (χ4n) is 2.28. The quantitative estimate of drug-likeness (QED) is 0.808. The number of benzene rings is 2. The summed E-state index contributed by atoms with van der Waals surface area (Å²) in [5.41, 5.74) is 4.06. The van der Waals surface area contributed by atoms with E-state index in [-0.39, 0.29) is 12.5 Å². The van der Waals surface area contributed by atoms with E-state index < -0.39 is 0 Å². The van der Waals surface area contributed by atoms with Crippen LogP contribution in [0.15, 0.2) is 42.5 Å². The first-order valence-electron chi connectivity index (χ1n) is 7.92. The molecule has 0 aromatic heterocycles. The van der Waals surface area contributed by atoms with Gasteiger partial charge in [0, 0.05) is 17.4 Å². The number of rotatable bonds is 7. The fourth-order valence-corrected chi connectivity index (χ4v) is 2.28. The van der Waals surface area contributed by atoms with E-state index in [1.165, 1.54) is 5.56 Å². The van der Waals surface area contributed by atoms with Gasteiger partial charge in [-0.25, -0.2) is 0 Å². The molecule has 2 rings (SSSR count). The molecule has 0 aliphatic rings. The number of nitrogens with one attached hydrogen (secondary N) is 2. The Balaban J connectivity index is 1.89. The third kappa shape index (κ3) is 5.33. The molecule has 0 unspecified atom stereocenters. The monoisotopic (exact) mass is 312 g/mol. The van der Waals surface area contributed by atoms with Gasteiger partial charge in [0.15, 0.2) is 0 Å². The minimum atomic E-state index is -0.0855. The molecule has 2 aromatic rings. The minimum absolute atomic E-state index is 0.0855. The van der Waals surface area contributed by atoms with Gasteiger partial charge in [-0.05, 0) is 44.0 Å². The van der Waals surface area contributed by atoms with Gasteiger partial charge in [0.05, 0.1) is 13.2 Å². The van der Waals surface area contributed by atoms with Gasteiger partial charge in [-0.15, -0.1) is 0 Å². The van der Waals surface area contributed by atoms with Crippen molar-refractivity contribution in [3.05, 3.63) is 53.6 Å². The highest BCUT2D eigenvalue weighted by atomic mass is 16.5. The van der Waals surface area contributed by atoms with Gasteiger partial charge in [0.1, 0.15) is 5.75 Å². The Morgan fingerprint density at radius 3 is 2.70 bits per heavy atom. The second-order valence-electron chi connectivity index (χ2n) is 5.60. The van der Waals surface area contributed by atoms with Crippen LogP contribution in [-0.2, 0) is 4.79 Å². The van der Waals surface area contributed by atoms with Gasteiger partial charge in [0.2, 0.25) is 5.91 Å². The highest BCUT2D eigenvalue weighted by molar-refractivity contribution is 5.94. The molecule has 0 aliphatic carbocycles. The standard InChI is InChI=1S/C19H24N2O2/c1-4-10-23-17-7-5-6-16(12-17)21-19(22)13-20-18-9-8-14(2)11-15(18)3/h5-9,11-12,20H,4,10,13H2,1-3H3,(H,21,22). The predicted octanol–water partition coefficient (Wildman–Crippen LogP) is 4.14. The van der Waals surface area contributed by atoms with Crippen LogP contribution in [0.4, 0.5) is 11.4 Å². The Labute approximate surface area is 137 Å². The molecule has 2 aromatic carbocycles. The largest absolute Gasteiger partial charge is 0.494 e. The van der Waals surface area contributed by atoms with Gasteiger partial charge in [-0.3, -0.25) is 4.79 Å². The van der Waals surface area contributed by atoms with E-state index in [1.807, 2.05) is 43.3 Å². The topological polar surface area (TPSA) is 50.4 Å². The minimum Gasteiger partial charge on any atom is -0.494 e. The van der Waals surface area contributed by atoms with Crippen LogP contribution in [0.3, 0.4) is 0 Å². The van der Waals surface area contributed by atoms with Crippen LogP contribution in [0, 0.1) is 13.8 Å². The molecule has 0 atom stereocenters. The van der Waals surface area contributed by atoms with Crippen LogP contribution in [0.1, 0.15) is 24.5 Å². The molecule has 122 valence electrons. The first-order valence-corrected chi connectivity index (χ1v) is 7.92. The summed E-state index contributed by atoms with van der Waals surface area (Å²) in [5, 5.41) is 6.04. The summed E-state index contributed by atoms with van der Waals surface area (Å²) in [4.78, 5) is 12.1. The summed E-state index contributed by atoms with van der Waals surface area (Å²) in [5.74, 6) is 0.685. The average molecular weight is 312 g/mol. The summed E-state index contributed by atoms with van der Waals surface area (Å²) in [6.45, 7) is 7.04. The molecule has 0 radical (unpaired) electrons. The van der Waals surface area contributed by atoms with Gasteiger partial charge in [0.25, 0.3) is 0 Å². The number of aryl methyl sites for hydroxylation is 2. The first-order chi connectivity index (χ1) is 11.1. The molecule has 0 saturated carbocycles. The number of ether oxygens (including phenoxy) is 1. The maximum atomic E-state index is 12.1. The van der Waals surface area contributed by atoms with Crippen molar-refractivity contribution < 1.29 is 9.53 Å². The summed E-state index contributed by atoms with van der Waals surface area (Å²) in [7, 11) is 0. The maximum absolute atomic E-state index is 12.1. The molecule has 0 bridgehead atoms. The number of hydrogen-bond donors (Lipinski definition) is 2. The Kier molecular flexibility index (Phi) is 6.03. The van der Waals surface area contributed by atoms with Crippen molar-refractivity contribution >= 4 is 17.3 Å². The Morgan fingerprint density at radius 1 is 1.13 bits per heavy atom. The van der Waals surface area contributed by atoms with Crippen LogP contribution in [-0.4, -0.2) is 19.1 Å². The lowest BCUT2D eigenvalue weighted by Gasteiger charge is -2.11. The molecule has 23 heavy (non-hydrogen) atoms. The van der Waals surface area contributed by atoms with Crippen LogP contribution in [0.5, 0.6) is 5.75 Å². The summed E-state index contributed by atoms with van der Waals surface area (Å²) < 4.78 is 5.57.